The van der Waals surface area contributed by atoms with E-state index >= 15 is 0 Å². The Bertz CT molecular complexity index is 304. The summed E-state index contributed by atoms with van der Waals surface area (Å²) >= 11 is 0. The fraction of sp³-hybridized carbons (Fsp3) is 0.929. The molecule has 1 saturated heterocycles. The molecule has 0 aromatic heterocycles. The van der Waals surface area contributed by atoms with Crippen molar-refractivity contribution in [2.45, 2.75) is 58.2 Å². The van der Waals surface area contributed by atoms with Gasteiger partial charge >= 0.3 is 0 Å². The first-order valence-corrected chi connectivity index (χ1v) is 7.18. The highest BCUT2D eigenvalue weighted by atomic mass is 16.5. The number of carbonyl (C=O) groups excluding carboxylic acids is 1. The molecule has 0 spiro atoms. The number of carbonyl (C=O) groups is 1. The topological polar surface area (TPSA) is 55.6 Å². The first kappa shape index (κ1) is 13.8. The molecule has 5 unspecified atom stereocenters. The summed E-state index contributed by atoms with van der Waals surface area (Å²) in [6.45, 7) is 7.60. The van der Waals surface area contributed by atoms with Crippen LogP contribution in [0.5, 0.6) is 0 Å². The molecule has 2 N–H and O–H groups in total. The largest absolute Gasteiger partial charge is 0.375 e. The molecule has 0 radical (unpaired) electrons. The first-order chi connectivity index (χ1) is 8.50. The molecule has 1 amide bonds. The predicted octanol–water partition coefficient (Wildman–Crippen LogP) is 1.39. The number of rotatable bonds is 1. The lowest BCUT2D eigenvalue weighted by Crippen LogP contribution is -2.54. The SMILES string of the molecule is CC1CN(C(=O)C2CCCC(N)C2C)C(C)CO1. The van der Waals surface area contributed by atoms with Crippen molar-refractivity contribution in [3.63, 3.8) is 0 Å². The summed E-state index contributed by atoms with van der Waals surface area (Å²) in [5.41, 5.74) is 6.10. The summed E-state index contributed by atoms with van der Waals surface area (Å²) in [6.07, 6.45) is 3.28. The zero-order chi connectivity index (χ0) is 13.3. The average Bonchev–Trinajstić information content (AvgIpc) is 2.35. The number of morpholine rings is 1. The molecular weight excluding hydrogens is 228 g/mol. The molecule has 0 aromatic carbocycles. The van der Waals surface area contributed by atoms with Crippen molar-refractivity contribution < 1.29 is 9.53 Å². The molecule has 1 heterocycles. The van der Waals surface area contributed by atoms with Crippen LogP contribution in [-0.2, 0) is 9.53 Å². The highest BCUT2D eigenvalue weighted by Crippen LogP contribution is 2.31. The van der Waals surface area contributed by atoms with Crippen molar-refractivity contribution in [3.8, 4) is 0 Å². The van der Waals surface area contributed by atoms with Crippen LogP contribution in [0.25, 0.3) is 0 Å². The van der Waals surface area contributed by atoms with Crippen molar-refractivity contribution in [2.75, 3.05) is 13.2 Å². The zero-order valence-electron chi connectivity index (χ0n) is 11.8. The molecule has 0 bridgehead atoms. The molecule has 18 heavy (non-hydrogen) atoms. The van der Waals surface area contributed by atoms with Gasteiger partial charge in [-0.05, 0) is 32.6 Å². The normalized spacial score (nSPS) is 41.8. The van der Waals surface area contributed by atoms with Gasteiger partial charge in [-0.15, -0.1) is 0 Å². The standard InChI is InChI=1S/C14H26N2O2/c1-9-8-18-10(2)7-16(9)14(17)12-5-4-6-13(15)11(12)3/h9-13H,4-8,15H2,1-3H3. The minimum absolute atomic E-state index is 0.112. The van der Waals surface area contributed by atoms with Crippen molar-refractivity contribution in [2.24, 2.45) is 17.6 Å². The second-order valence-electron chi connectivity index (χ2n) is 6.04. The van der Waals surface area contributed by atoms with E-state index in [1.807, 2.05) is 11.8 Å². The summed E-state index contributed by atoms with van der Waals surface area (Å²) in [5, 5.41) is 0. The summed E-state index contributed by atoms with van der Waals surface area (Å²) in [7, 11) is 0. The van der Waals surface area contributed by atoms with Crippen LogP contribution in [0.2, 0.25) is 0 Å². The smallest absolute Gasteiger partial charge is 0.226 e. The highest BCUT2D eigenvalue weighted by molar-refractivity contribution is 5.79. The van der Waals surface area contributed by atoms with Gasteiger partial charge in [-0.1, -0.05) is 13.3 Å². The van der Waals surface area contributed by atoms with E-state index in [0.29, 0.717) is 18.4 Å². The minimum Gasteiger partial charge on any atom is -0.375 e. The third kappa shape index (κ3) is 2.69. The van der Waals surface area contributed by atoms with Crippen LogP contribution in [0.4, 0.5) is 0 Å². The van der Waals surface area contributed by atoms with E-state index in [-0.39, 0.29) is 24.1 Å². The van der Waals surface area contributed by atoms with Crippen LogP contribution in [0.15, 0.2) is 0 Å². The fourth-order valence-corrected chi connectivity index (χ4v) is 3.17. The molecule has 2 aliphatic rings. The Labute approximate surface area is 110 Å². The number of nitrogens with two attached hydrogens (primary N) is 1. The average molecular weight is 254 g/mol. The molecule has 4 nitrogen and oxygen atoms in total. The zero-order valence-corrected chi connectivity index (χ0v) is 11.8. The van der Waals surface area contributed by atoms with Crippen LogP contribution in [0.1, 0.15) is 40.0 Å². The minimum atomic E-state index is 0.112. The van der Waals surface area contributed by atoms with E-state index in [2.05, 4.69) is 13.8 Å². The van der Waals surface area contributed by atoms with E-state index in [9.17, 15) is 4.79 Å². The molecule has 1 aliphatic carbocycles. The molecule has 4 heteroatoms. The molecule has 1 saturated carbocycles. The first-order valence-electron chi connectivity index (χ1n) is 7.18. The summed E-state index contributed by atoms with van der Waals surface area (Å²) < 4.78 is 5.59. The van der Waals surface area contributed by atoms with Crippen LogP contribution < -0.4 is 5.73 Å². The van der Waals surface area contributed by atoms with E-state index < -0.39 is 0 Å². The van der Waals surface area contributed by atoms with E-state index in [0.717, 1.165) is 25.8 Å². The number of hydrogen-bond donors (Lipinski definition) is 1. The van der Waals surface area contributed by atoms with E-state index in [1.165, 1.54) is 0 Å². The van der Waals surface area contributed by atoms with E-state index in [4.69, 9.17) is 10.5 Å². The van der Waals surface area contributed by atoms with Gasteiger partial charge < -0.3 is 15.4 Å². The maximum absolute atomic E-state index is 12.7. The van der Waals surface area contributed by atoms with Crippen molar-refractivity contribution in [3.05, 3.63) is 0 Å². The van der Waals surface area contributed by atoms with Gasteiger partial charge in [0.25, 0.3) is 0 Å². The number of amides is 1. The third-order valence-electron chi connectivity index (χ3n) is 4.57. The highest BCUT2D eigenvalue weighted by Gasteiger charge is 2.38. The van der Waals surface area contributed by atoms with Crippen LogP contribution in [0.3, 0.4) is 0 Å². The quantitative estimate of drug-likeness (QED) is 0.769. The Morgan fingerprint density at radius 2 is 2.00 bits per heavy atom. The molecular formula is C14H26N2O2. The van der Waals surface area contributed by atoms with Gasteiger partial charge in [-0.25, -0.2) is 0 Å². The van der Waals surface area contributed by atoms with Gasteiger partial charge in [0.2, 0.25) is 5.91 Å². The lowest BCUT2D eigenvalue weighted by molar-refractivity contribution is -0.150. The molecule has 1 aliphatic heterocycles. The van der Waals surface area contributed by atoms with Crippen molar-refractivity contribution in [1.82, 2.24) is 4.90 Å². The van der Waals surface area contributed by atoms with E-state index in [1.54, 1.807) is 0 Å². The molecule has 5 atom stereocenters. The second-order valence-corrected chi connectivity index (χ2v) is 6.04. The second kappa shape index (κ2) is 5.57. The molecule has 0 aromatic rings. The monoisotopic (exact) mass is 254 g/mol. The number of hydrogen-bond acceptors (Lipinski definition) is 3. The van der Waals surface area contributed by atoms with Crippen LogP contribution >= 0.6 is 0 Å². The molecule has 2 fully saturated rings. The van der Waals surface area contributed by atoms with Gasteiger partial charge in [0, 0.05) is 18.5 Å². The molecule has 2 rings (SSSR count). The lowest BCUT2D eigenvalue weighted by Gasteiger charge is -2.42. The van der Waals surface area contributed by atoms with Gasteiger partial charge in [0.05, 0.1) is 18.8 Å². The summed E-state index contributed by atoms with van der Waals surface area (Å²) in [4.78, 5) is 14.7. The van der Waals surface area contributed by atoms with Gasteiger partial charge in [-0.3, -0.25) is 4.79 Å². The number of nitrogens with zero attached hydrogens (tertiary/aromatic N) is 1. The Balaban J connectivity index is 2.05. The van der Waals surface area contributed by atoms with Crippen LogP contribution in [0, 0.1) is 11.8 Å². The Hall–Kier alpha value is -0.610. The summed E-state index contributed by atoms with van der Waals surface area (Å²) in [6, 6.07) is 0.375. The van der Waals surface area contributed by atoms with Crippen molar-refractivity contribution >= 4 is 5.91 Å². The Morgan fingerprint density at radius 1 is 1.28 bits per heavy atom. The predicted molar refractivity (Wildman–Crippen MR) is 71.1 cm³/mol. The maximum atomic E-state index is 12.7. The Kier molecular flexibility index (Phi) is 4.28. The summed E-state index contributed by atoms with van der Waals surface area (Å²) in [5.74, 6) is 0.707. The molecule has 104 valence electrons. The van der Waals surface area contributed by atoms with Gasteiger partial charge in [0.1, 0.15) is 0 Å². The third-order valence-corrected chi connectivity index (χ3v) is 4.57. The lowest BCUT2D eigenvalue weighted by atomic mass is 9.76. The number of ether oxygens (including phenoxy) is 1. The van der Waals surface area contributed by atoms with Crippen LogP contribution in [-0.4, -0.2) is 42.1 Å². The van der Waals surface area contributed by atoms with Gasteiger partial charge in [-0.2, -0.15) is 0 Å². The van der Waals surface area contributed by atoms with Gasteiger partial charge in [0.15, 0.2) is 0 Å². The van der Waals surface area contributed by atoms with Crippen molar-refractivity contribution in [1.29, 1.82) is 0 Å². The Morgan fingerprint density at radius 3 is 2.72 bits per heavy atom. The maximum Gasteiger partial charge on any atom is 0.226 e. The fourth-order valence-electron chi connectivity index (χ4n) is 3.17.